The second-order valence-corrected chi connectivity index (χ2v) is 3.16. The van der Waals surface area contributed by atoms with Gasteiger partial charge in [0.25, 0.3) is 0 Å². The average Bonchev–Trinajstić information content (AvgIpc) is 2.32. The van der Waals surface area contributed by atoms with Gasteiger partial charge in [0.2, 0.25) is 5.76 Å². The van der Waals surface area contributed by atoms with E-state index in [1.165, 1.54) is 0 Å². The highest BCUT2D eigenvalue weighted by Gasteiger charge is 2.38. The Kier molecular flexibility index (Phi) is 2.78. The standard InChI is InChI=1S/C6H7IO5/c7-1-2(8)5-3(9)4(10)6(11)12-5/h2,5,8-10H,1H2/t2-,5+/m0/s1. The van der Waals surface area contributed by atoms with E-state index < -0.39 is 29.7 Å². The Bertz CT molecular complexity index is 236. The minimum absolute atomic E-state index is 0.299. The molecule has 12 heavy (non-hydrogen) atoms. The van der Waals surface area contributed by atoms with E-state index in [1.54, 1.807) is 0 Å². The molecule has 0 saturated heterocycles. The first-order valence-electron chi connectivity index (χ1n) is 3.15. The topological polar surface area (TPSA) is 87.0 Å². The Labute approximate surface area is 81.8 Å². The molecule has 3 N–H and O–H groups in total. The third kappa shape index (κ3) is 1.48. The number of aliphatic hydroxyl groups is 3. The first kappa shape index (κ1) is 9.59. The minimum Gasteiger partial charge on any atom is -0.505 e. The molecule has 6 heteroatoms. The number of halogens is 1. The molecule has 0 aromatic carbocycles. The van der Waals surface area contributed by atoms with Crippen molar-refractivity contribution in [2.75, 3.05) is 4.43 Å². The monoisotopic (exact) mass is 286 g/mol. The SMILES string of the molecule is O=C1O[C@H]([C@@H](O)CI)C(O)=C1O. The van der Waals surface area contributed by atoms with Crippen LogP contribution in [0.5, 0.6) is 0 Å². The molecule has 0 unspecified atom stereocenters. The summed E-state index contributed by atoms with van der Waals surface area (Å²) < 4.78 is 4.77. The first-order chi connectivity index (χ1) is 5.57. The average molecular weight is 286 g/mol. The van der Waals surface area contributed by atoms with Crippen molar-refractivity contribution in [2.45, 2.75) is 12.2 Å². The van der Waals surface area contributed by atoms with E-state index in [0.29, 0.717) is 4.43 Å². The molecule has 1 heterocycles. The van der Waals surface area contributed by atoms with Crippen LogP contribution in [0.15, 0.2) is 11.5 Å². The summed E-state index contributed by atoms with van der Waals surface area (Å²) in [6.45, 7) is 0. The predicted molar refractivity (Wildman–Crippen MR) is 47.1 cm³/mol. The van der Waals surface area contributed by atoms with E-state index in [1.807, 2.05) is 22.6 Å². The summed E-state index contributed by atoms with van der Waals surface area (Å²) in [5.41, 5.74) is 0. The molecule has 5 nitrogen and oxygen atoms in total. The summed E-state index contributed by atoms with van der Waals surface area (Å²) in [6.07, 6.45) is -2.10. The van der Waals surface area contributed by atoms with Gasteiger partial charge in [0.05, 0.1) is 0 Å². The molecule has 0 radical (unpaired) electrons. The van der Waals surface area contributed by atoms with Crippen molar-refractivity contribution in [3.63, 3.8) is 0 Å². The number of carbonyl (C=O) groups excluding carboxylic acids is 1. The van der Waals surface area contributed by atoms with Crippen LogP contribution < -0.4 is 0 Å². The molecule has 0 aliphatic carbocycles. The van der Waals surface area contributed by atoms with E-state index in [2.05, 4.69) is 4.74 Å². The fraction of sp³-hybridized carbons (Fsp3) is 0.500. The Morgan fingerprint density at radius 1 is 1.58 bits per heavy atom. The van der Waals surface area contributed by atoms with E-state index in [-0.39, 0.29) is 0 Å². The van der Waals surface area contributed by atoms with Crippen molar-refractivity contribution in [2.24, 2.45) is 0 Å². The third-order valence-electron chi connectivity index (χ3n) is 1.45. The van der Waals surface area contributed by atoms with Crippen LogP contribution in [-0.2, 0) is 9.53 Å². The number of esters is 1. The Balaban J connectivity index is 2.80. The highest BCUT2D eigenvalue weighted by atomic mass is 127. The molecule has 0 amide bonds. The lowest BCUT2D eigenvalue weighted by molar-refractivity contribution is -0.146. The maximum absolute atomic E-state index is 10.6. The molecule has 1 aliphatic rings. The highest BCUT2D eigenvalue weighted by molar-refractivity contribution is 14.1. The van der Waals surface area contributed by atoms with Crippen molar-refractivity contribution >= 4 is 28.6 Å². The van der Waals surface area contributed by atoms with Crippen LogP contribution in [0.2, 0.25) is 0 Å². The van der Waals surface area contributed by atoms with Crippen LogP contribution in [0, 0.1) is 0 Å². The number of hydrogen-bond acceptors (Lipinski definition) is 5. The highest BCUT2D eigenvalue weighted by Crippen LogP contribution is 2.21. The van der Waals surface area contributed by atoms with Crippen LogP contribution in [0.25, 0.3) is 0 Å². The van der Waals surface area contributed by atoms with Crippen molar-refractivity contribution in [3.8, 4) is 0 Å². The van der Waals surface area contributed by atoms with Gasteiger partial charge in [-0.3, -0.25) is 0 Å². The fourth-order valence-electron chi connectivity index (χ4n) is 0.808. The molecule has 68 valence electrons. The van der Waals surface area contributed by atoms with Gasteiger partial charge in [-0.25, -0.2) is 4.79 Å². The summed E-state index contributed by atoms with van der Waals surface area (Å²) in [4.78, 5) is 10.6. The molecule has 0 spiro atoms. The number of rotatable bonds is 2. The van der Waals surface area contributed by atoms with Gasteiger partial charge in [0.1, 0.15) is 6.10 Å². The quantitative estimate of drug-likeness (QED) is 0.379. The summed E-state index contributed by atoms with van der Waals surface area (Å²) in [6, 6.07) is 0. The van der Waals surface area contributed by atoms with E-state index in [4.69, 9.17) is 10.2 Å². The zero-order valence-electron chi connectivity index (χ0n) is 5.90. The van der Waals surface area contributed by atoms with Crippen LogP contribution in [0.1, 0.15) is 0 Å². The maximum atomic E-state index is 10.6. The van der Waals surface area contributed by atoms with E-state index in [0.717, 1.165) is 0 Å². The summed E-state index contributed by atoms with van der Waals surface area (Å²) in [5.74, 6) is -2.41. The largest absolute Gasteiger partial charge is 0.505 e. The van der Waals surface area contributed by atoms with Gasteiger partial charge in [0, 0.05) is 4.43 Å². The van der Waals surface area contributed by atoms with Gasteiger partial charge in [-0.05, 0) is 0 Å². The van der Waals surface area contributed by atoms with Crippen molar-refractivity contribution in [3.05, 3.63) is 11.5 Å². The summed E-state index contributed by atoms with van der Waals surface area (Å²) in [7, 11) is 0. The van der Waals surface area contributed by atoms with Crippen LogP contribution in [-0.4, -0.2) is 37.9 Å². The lowest BCUT2D eigenvalue weighted by atomic mass is 10.2. The van der Waals surface area contributed by atoms with Gasteiger partial charge in [-0.15, -0.1) is 0 Å². The third-order valence-corrected chi connectivity index (χ3v) is 2.35. The van der Waals surface area contributed by atoms with Crippen molar-refractivity contribution in [1.82, 2.24) is 0 Å². The van der Waals surface area contributed by atoms with Crippen molar-refractivity contribution < 1.29 is 24.9 Å². The van der Waals surface area contributed by atoms with Gasteiger partial charge in [0.15, 0.2) is 11.9 Å². The van der Waals surface area contributed by atoms with E-state index >= 15 is 0 Å². The molecule has 1 aliphatic heterocycles. The fourth-order valence-corrected chi connectivity index (χ4v) is 1.27. The number of cyclic esters (lactones) is 1. The zero-order chi connectivity index (χ0) is 9.30. The van der Waals surface area contributed by atoms with Gasteiger partial charge in [-0.1, -0.05) is 22.6 Å². The molecule has 1 rings (SSSR count). The molecular weight excluding hydrogens is 279 g/mol. The molecule has 2 atom stereocenters. The van der Waals surface area contributed by atoms with Gasteiger partial charge >= 0.3 is 5.97 Å². The Morgan fingerprint density at radius 3 is 2.50 bits per heavy atom. The molecule has 0 aromatic rings. The lowest BCUT2D eigenvalue weighted by Gasteiger charge is -2.13. The number of ether oxygens (including phenoxy) is 1. The molecule has 0 bridgehead atoms. The second-order valence-electron chi connectivity index (χ2n) is 2.28. The molecule has 0 aromatic heterocycles. The molecular formula is C6H7IO5. The normalized spacial score (nSPS) is 25.8. The van der Waals surface area contributed by atoms with E-state index in [9.17, 15) is 9.90 Å². The van der Waals surface area contributed by atoms with Gasteiger partial charge < -0.3 is 20.1 Å². The predicted octanol–water partition coefficient (Wildman–Crippen LogP) is 0.0353. The lowest BCUT2D eigenvalue weighted by Crippen LogP contribution is -2.29. The van der Waals surface area contributed by atoms with Crippen molar-refractivity contribution in [1.29, 1.82) is 0 Å². The van der Waals surface area contributed by atoms with Crippen LogP contribution in [0.4, 0.5) is 0 Å². The smallest absolute Gasteiger partial charge is 0.377 e. The molecule has 0 saturated carbocycles. The number of hydrogen-bond donors (Lipinski definition) is 3. The number of carbonyl (C=O) groups is 1. The van der Waals surface area contributed by atoms with Gasteiger partial charge in [-0.2, -0.15) is 0 Å². The summed E-state index contributed by atoms with van der Waals surface area (Å²) in [5, 5.41) is 27.0. The Morgan fingerprint density at radius 2 is 2.17 bits per heavy atom. The Hall–Kier alpha value is -0.500. The van der Waals surface area contributed by atoms with Crippen LogP contribution in [0.3, 0.4) is 0 Å². The number of alkyl halides is 1. The van der Waals surface area contributed by atoms with Crippen LogP contribution >= 0.6 is 22.6 Å². The second kappa shape index (κ2) is 3.48. The summed E-state index contributed by atoms with van der Waals surface area (Å²) >= 11 is 1.87. The zero-order valence-corrected chi connectivity index (χ0v) is 8.06. The first-order valence-corrected chi connectivity index (χ1v) is 4.67. The minimum atomic E-state index is -1.12. The molecule has 0 fully saturated rings. The number of aliphatic hydroxyl groups excluding tert-OH is 3. The maximum Gasteiger partial charge on any atom is 0.377 e.